The highest BCUT2D eigenvalue weighted by molar-refractivity contribution is 5.80. The number of aliphatic imine (C=N–C) groups is 1. The van der Waals surface area contributed by atoms with Crippen molar-refractivity contribution in [3.05, 3.63) is 35.9 Å². The number of hydrogen-bond donors (Lipinski definition) is 1. The fourth-order valence-electron chi connectivity index (χ4n) is 3.48. The Hall–Kier alpha value is -1.51. The van der Waals surface area contributed by atoms with E-state index < -0.39 is 0 Å². The molecule has 0 amide bonds. The van der Waals surface area contributed by atoms with E-state index in [9.17, 15) is 0 Å². The van der Waals surface area contributed by atoms with Crippen molar-refractivity contribution in [1.82, 2.24) is 10.2 Å². The molecule has 3 heteroatoms. The first-order valence-electron chi connectivity index (χ1n) is 8.67. The lowest BCUT2D eigenvalue weighted by Gasteiger charge is -2.23. The first kappa shape index (κ1) is 15.4. The van der Waals surface area contributed by atoms with Crippen LogP contribution >= 0.6 is 0 Å². The van der Waals surface area contributed by atoms with Crippen LogP contribution in [0.15, 0.2) is 35.3 Å². The molecule has 1 aliphatic heterocycles. The summed E-state index contributed by atoms with van der Waals surface area (Å²) < 4.78 is 0. The minimum Gasteiger partial charge on any atom is -0.357 e. The molecule has 2 fully saturated rings. The molecule has 1 saturated carbocycles. The standard InChI is InChI=1S/C19H29N3/c1-4-20-18(22-11-10-19(2,3)14-22)21-13-16-12-17(16)15-8-6-5-7-9-15/h5-9,16-17H,4,10-14H2,1-3H3,(H,20,21). The Balaban J connectivity index is 1.58. The fourth-order valence-corrected chi connectivity index (χ4v) is 3.48. The highest BCUT2D eigenvalue weighted by Crippen LogP contribution is 2.47. The Labute approximate surface area is 134 Å². The monoisotopic (exact) mass is 299 g/mol. The minimum atomic E-state index is 0.419. The van der Waals surface area contributed by atoms with Gasteiger partial charge in [-0.3, -0.25) is 4.99 Å². The second-order valence-corrected chi connectivity index (χ2v) is 7.54. The lowest BCUT2D eigenvalue weighted by Crippen LogP contribution is -2.40. The van der Waals surface area contributed by atoms with Crippen LogP contribution in [0.1, 0.15) is 45.1 Å². The van der Waals surface area contributed by atoms with Crippen LogP contribution in [0.5, 0.6) is 0 Å². The van der Waals surface area contributed by atoms with E-state index >= 15 is 0 Å². The summed E-state index contributed by atoms with van der Waals surface area (Å²) in [5, 5.41) is 3.48. The molecular weight excluding hydrogens is 270 g/mol. The Morgan fingerprint density at radius 1 is 1.32 bits per heavy atom. The minimum absolute atomic E-state index is 0.419. The third kappa shape index (κ3) is 3.63. The molecule has 1 aromatic carbocycles. The van der Waals surface area contributed by atoms with Gasteiger partial charge in [0, 0.05) is 26.2 Å². The van der Waals surface area contributed by atoms with E-state index in [1.54, 1.807) is 0 Å². The molecule has 1 N–H and O–H groups in total. The first-order valence-corrected chi connectivity index (χ1v) is 8.67. The summed E-state index contributed by atoms with van der Waals surface area (Å²) in [6.07, 6.45) is 2.55. The predicted octanol–water partition coefficient (Wildman–Crippen LogP) is 3.49. The second-order valence-electron chi connectivity index (χ2n) is 7.54. The average Bonchev–Trinajstić information content (AvgIpc) is 3.20. The van der Waals surface area contributed by atoms with Crippen molar-refractivity contribution in [2.45, 2.75) is 39.5 Å². The maximum Gasteiger partial charge on any atom is 0.193 e. The summed E-state index contributed by atoms with van der Waals surface area (Å²) in [5.74, 6) is 2.57. The number of nitrogens with zero attached hydrogens (tertiary/aromatic N) is 2. The van der Waals surface area contributed by atoms with Crippen LogP contribution in [0.2, 0.25) is 0 Å². The molecule has 0 bridgehead atoms. The largest absolute Gasteiger partial charge is 0.357 e. The normalized spacial score (nSPS) is 27.0. The molecule has 1 aliphatic carbocycles. The topological polar surface area (TPSA) is 27.6 Å². The van der Waals surface area contributed by atoms with Gasteiger partial charge in [0.1, 0.15) is 0 Å². The van der Waals surface area contributed by atoms with Gasteiger partial charge < -0.3 is 10.2 Å². The van der Waals surface area contributed by atoms with Gasteiger partial charge in [0.2, 0.25) is 0 Å². The van der Waals surface area contributed by atoms with Crippen molar-refractivity contribution in [3.8, 4) is 0 Å². The molecule has 3 nitrogen and oxygen atoms in total. The van der Waals surface area contributed by atoms with Crippen LogP contribution in [0.3, 0.4) is 0 Å². The lowest BCUT2D eigenvalue weighted by atomic mass is 9.93. The SMILES string of the molecule is CCNC(=NCC1CC1c1ccccc1)N1CCC(C)(C)C1. The number of rotatable bonds is 4. The summed E-state index contributed by atoms with van der Waals surface area (Å²) >= 11 is 0. The Morgan fingerprint density at radius 3 is 2.73 bits per heavy atom. The Bertz CT molecular complexity index is 521. The molecule has 0 aromatic heterocycles. The van der Waals surface area contributed by atoms with Gasteiger partial charge in [-0.05, 0) is 42.6 Å². The predicted molar refractivity (Wildman–Crippen MR) is 93.2 cm³/mol. The zero-order valence-electron chi connectivity index (χ0n) is 14.2. The molecule has 120 valence electrons. The molecule has 1 heterocycles. The van der Waals surface area contributed by atoms with Gasteiger partial charge in [0.15, 0.2) is 5.96 Å². The Morgan fingerprint density at radius 2 is 2.09 bits per heavy atom. The van der Waals surface area contributed by atoms with Gasteiger partial charge in [-0.2, -0.15) is 0 Å². The van der Waals surface area contributed by atoms with Gasteiger partial charge in [-0.15, -0.1) is 0 Å². The second kappa shape index (κ2) is 6.31. The third-order valence-electron chi connectivity index (χ3n) is 4.94. The van der Waals surface area contributed by atoms with Crippen molar-refractivity contribution >= 4 is 5.96 Å². The number of nitrogens with one attached hydrogen (secondary N) is 1. The van der Waals surface area contributed by atoms with E-state index in [0.29, 0.717) is 5.41 Å². The van der Waals surface area contributed by atoms with Crippen molar-refractivity contribution in [3.63, 3.8) is 0 Å². The van der Waals surface area contributed by atoms with Crippen molar-refractivity contribution in [2.75, 3.05) is 26.2 Å². The summed E-state index contributed by atoms with van der Waals surface area (Å²) in [7, 11) is 0. The van der Waals surface area contributed by atoms with E-state index in [1.807, 2.05) is 0 Å². The van der Waals surface area contributed by atoms with Gasteiger partial charge >= 0.3 is 0 Å². The van der Waals surface area contributed by atoms with Gasteiger partial charge in [0.25, 0.3) is 0 Å². The maximum absolute atomic E-state index is 4.93. The van der Waals surface area contributed by atoms with Crippen LogP contribution in [0.25, 0.3) is 0 Å². The first-order chi connectivity index (χ1) is 10.6. The molecule has 2 unspecified atom stereocenters. The number of guanidine groups is 1. The quantitative estimate of drug-likeness (QED) is 0.681. The van der Waals surface area contributed by atoms with E-state index in [1.165, 1.54) is 18.4 Å². The van der Waals surface area contributed by atoms with E-state index in [-0.39, 0.29) is 0 Å². The summed E-state index contributed by atoms with van der Waals surface area (Å²) in [4.78, 5) is 7.36. The third-order valence-corrected chi connectivity index (χ3v) is 4.94. The van der Waals surface area contributed by atoms with E-state index in [0.717, 1.165) is 44.0 Å². The van der Waals surface area contributed by atoms with Gasteiger partial charge in [-0.1, -0.05) is 44.2 Å². The van der Waals surface area contributed by atoms with Crippen molar-refractivity contribution in [2.24, 2.45) is 16.3 Å². The average molecular weight is 299 g/mol. The molecule has 1 saturated heterocycles. The molecule has 0 radical (unpaired) electrons. The molecular formula is C19H29N3. The number of benzene rings is 1. The zero-order valence-corrected chi connectivity index (χ0v) is 14.2. The van der Waals surface area contributed by atoms with Crippen LogP contribution < -0.4 is 5.32 Å². The summed E-state index contributed by atoms with van der Waals surface area (Å²) in [5.41, 5.74) is 1.90. The fraction of sp³-hybridized carbons (Fsp3) is 0.632. The molecule has 22 heavy (non-hydrogen) atoms. The summed E-state index contributed by atoms with van der Waals surface area (Å²) in [6, 6.07) is 10.9. The maximum atomic E-state index is 4.93. The highest BCUT2D eigenvalue weighted by atomic mass is 15.3. The number of hydrogen-bond acceptors (Lipinski definition) is 1. The van der Waals surface area contributed by atoms with Crippen LogP contribution in [-0.2, 0) is 0 Å². The van der Waals surface area contributed by atoms with Gasteiger partial charge in [0.05, 0.1) is 0 Å². The van der Waals surface area contributed by atoms with E-state index in [4.69, 9.17) is 4.99 Å². The van der Waals surface area contributed by atoms with Gasteiger partial charge in [-0.25, -0.2) is 0 Å². The Kier molecular flexibility index (Phi) is 4.42. The zero-order chi connectivity index (χ0) is 15.6. The summed E-state index contributed by atoms with van der Waals surface area (Å²) in [6.45, 7) is 11.0. The molecule has 3 rings (SSSR count). The van der Waals surface area contributed by atoms with Crippen LogP contribution in [0, 0.1) is 11.3 Å². The van der Waals surface area contributed by atoms with Crippen LogP contribution in [-0.4, -0.2) is 37.0 Å². The molecule has 2 aliphatic rings. The highest BCUT2D eigenvalue weighted by Gasteiger charge is 2.38. The number of likely N-dealkylation sites (tertiary alicyclic amines) is 1. The van der Waals surface area contributed by atoms with Crippen molar-refractivity contribution < 1.29 is 0 Å². The smallest absolute Gasteiger partial charge is 0.193 e. The van der Waals surface area contributed by atoms with Crippen molar-refractivity contribution in [1.29, 1.82) is 0 Å². The molecule has 1 aromatic rings. The van der Waals surface area contributed by atoms with Crippen LogP contribution in [0.4, 0.5) is 0 Å². The lowest BCUT2D eigenvalue weighted by molar-refractivity contribution is 0.370. The molecule has 2 atom stereocenters. The van der Waals surface area contributed by atoms with E-state index in [2.05, 4.69) is 61.3 Å². The molecule has 0 spiro atoms.